The van der Waals surface area contributed by atoms with E-state index in [-0.39, 0.29) is 40.6 Å². The summed E-state index contributed by atoms with van der Waals surface area (Å²) < 4.78 is 20.3. The third kappa shape index (κ3) is 4.16. The predicted octanol–water partition coefficient (Wildman–Crippen LogP) is 3.52. The van der Waals surface area contributed by atoms with Crippen molar-refractivity contribution < 1.29 is 18.9 Å². The van der Waals surface area contributed by atoms with E-state index in [2.05, 4.69) is 35.4 Å². The highest BCUT2D eigenvalue weighted by Crippen LogP contribution is 2.75. The molecule has 5 rings (SSSR count). The van der Waals surface area contributed by atoms with Gasteiger partial charge in [0.1, 0.15) is 6.10 Å². The summed E-state index contributed by atoms with van der Waals surface area (Å²) in [4.78, 5) is 22.8. The highest BCUT2D eigenvalue weighted by atomic mass is 32.9. The van der Waals surface area contributed by atoms with Gasteiger partial charge in [0, 0.05) is 10.7 Å². The Labute approximate surface area is 201 Å². The molecule has 2 aliphatic heterocycles. The summed E-state index contributed by atoms with van der Waals surface area (Å²) in [6.07, 6.45) is 3.98. The van der Waals surface area contributed by atoms with Gasteiger partial charge in [0.15, 0.2) is 17.4 Å². The van der Waals surface area contributed by atoms with Crippen molar-refractivity contribution in [2.24, 2.45) is 11.8 Å². The van der Waals surface area contributed by atoms with Crippen molar-refractivity contribution >= 4 is 40.0 Å². The summed E-state index contributed by atoms with van der Waals surface area (Å²) in [5.74, 6) is 0.250. The van der Waals surface area contributed by atoms with E-state index >= 15 is 0 Å². The number of rotatable bonds is 5. The highest BCUT2D eigenvalue weighted by Gasteiger charge is 2.54. The van der Waals surface area contributed by atoms with E-state index in [0.717, 1.165) is 19.3 Å². The van der Waals surface area contributed by atoms with Crippen molar-refractivity contribution in [2.75, 3.05) is 6.61 Å². The quantitative estimate of drug-likeness (QED) is 0.459. The van der Waals surface area contributed by atoms with Gasteiger partial charge in [-0.15, -0.1) is 0 Å². The van der Waals surface area contributed by atoms with Gasteiger partial charge in [-0.2, -0.15) is 0 Å². The molecule has 2 aromatic heterocycles. The molecular formula is C21H29N4O5PS2. The zero-order valence-electron chi connectivity index (χ0n) is 18.8. The van der Waals surface area contributed by atoms with Crippen LogP contribution < -0.4 is 5.56 Å². The maximum absolute atomic E-state index is 12.0. The summed E-state index contributed by atoms with van der Waals surface area (Å²) in [6.45, 7) is 10.6. The fourth-order valence-electron chi connectivity index (χ4n) is 4.94. The van der Waals surface area contributed by atoms with Crippen molar-refractivity contribution in [1.29, 1.82) is 0 Å². The van der Waals surface area contributed by atoms with Gasteiger partial charge in [-0.1, -0.05) is 30.5 Å². The smallest absolute Gasteiger partial charge is 0.278 e. The molecule has 2 saturated heterocycles. The molecule has 33 heavy (non-hydrogen) atoms. The number of hydrogen-bond donors (Lipinski definition) is 2. The average Bonchev–Trinajstić information content (AvgIpc) is 3.39. The van der Waals surface area contributed by atoms with Crippen LogP contribution in [-0.4, -0.2) is 54.3 Å². The zero-order chi connectivity index (χ0) is 23.5. The minimum atomic E-state index is -2.54. The molecule has 0 bridgehead atoms. The average molecular weight is 513 g/mol. The van der Waals surface area contributed by atoms with Crippen LogP contribution in [0.15, 0.2) is 29.6 Å². The maximum Gasteiger partial charge on any atom is 0.278 e. The number of allylic oxidation sites excluding steroid dienone is 1. The number of H-pyrrole nitrogens is 1. The third-order valence-electron chi connectivity index (χ3n) is 7.21. The molecule has 0 unspecified atom stereocenters. The van der Waals surface area contributed by atoms with Crippen LogP contribution in [0.3, 0.4) is 0 Å². The van der Waals surface area contributed by atoms with Gasteiger partial charge < -0.3 is 23.9 Å². The molecule has 0 aromatic carbocycles. The van der Waals surface area contributed by atoms with E-state index in [4.69, 9.17) is 25.6 Å². The van der Waals surface area contributed by atoms with Gasteiger partial charge in [0.05, 0.1) is 31.5 Å². The van der Waals surface area contributed by atoms with Gasteiger partial charge in [-0.25, -0.2) is 9.97 Å². The lowest BCUT2D eigenvalue weighted by Gasteiger charge is -2.37. The first kappa shape index (κ1) is 23.7. The van der Waals surface area contributed by atoms with Crippen molar-refractivity contribution in [1.82, 2.24) is 19.5 Å². The summed E-state index contributed by atoms with van der Waals surface area (Å²) >= 11 is 7.54. The number of aliphatic hydroxyl groups is 1. The van der Waals surface area contributed by atoms with Crippen LogP contribution in [0, 0.1) is 11.8 Å². The predicted molar refractivity (Wildman–Crippen MR) is 130 cm³/mol. The zero-order valence-corrected chi connectivity index (χ0v) is 21.4. The van der Waals surface area contributed by atoms with E-state index in [1.165, 1.54) is 18.2 Å². The number of aliphatic hydroxyl groups excluding tert-OH is 1. The monoisotopic (exact) mass is 512 g/mol. The normalized spacial score (nSPS) is 40.8. The SMILES string of the molecule is C=C(C)[C@@H]1CC[C@]2(C)S[P@@](=S)(OC[C@H]3O[C@@H](n4cnc5c(=O)[nH]cnc54)[C@H](O)[C@@H]3C)O[C@H]2C1. The molecule has 2 aromatic rings. The molecular weight excluding hydrogens is 483 g/mol. The summed E-state index contributed by atoms with van der Waals surface area (Å²) in [7, 11) is 0. The molecule has 3 fully saturated rings. The summed E-state index contributed by atoms with van der Waals surface area (Å²) in [5.41, 5.74) is -1.11. The molecule has 0 radical (unpaired) electrons. The molecule has 180 valence electrons. The van der Waals surface area contributed by atoms with E-state index in [1.54, 1.807) is 15.9 Å². The lowest BCUT2D eigenvalue weighted by atomic mass is 9.77. The van der Waals surface area contributed by atoms with Crippen LogP contribution in [0.5, 0.6) is 0 Å². The lowest BCUT2D eigenvalue weighted by Crippen LogP contribution is -2.39. The molecule has 12 heteroatoms. The van der Waals surface area contributed by atoms with E-state index in [1.807, 2.05) is 6.92 Å². The van der Waals surface area contributed by atoms with Gasteiger partial charge >= 0.3 is 0 Å². The van der Waals surface area contributed by atoms with Crippen molar-refractivity contribution in [3.05, 3.63) is 35.2 Å². The van der Waals surface area contributed by atoms with E-state index < -0.39 is 18.0 Å². The maximum atomic E-state index is 12.0. The van der Waals surface area contributed by atoms with Gasteiger partial charge in [0.2, 0.25) is 5.69 Å². The number of ether oxygens (including phenoxy) is 1. The Morgan fingerprint density at radius 3 is 3.09 bits per heavy atom. The van der Waals surface area contributed by atoms with Gasteiger partial charge in [-0.05, 0) is 50.8 Å². The Morgan fingerprint density at radius 2 is 2.33 bits per heavy atom. The number of aromatic nitrogens is 4. The molecule has 4 heterocycles. The Balaban J connectivity index is 1.28. The second kappa shape index (κ2) is 8.55. The topological polar surface area (TPSA) is 111 Å². The van der Waals surface area contributed by atoms with Crippen molar-refractivity contribution in [3.8, 4) is 0 Å². The minimum absolute atomic E-state index is 0.0415. The van der Waals surface area contributed by atoms with Crippen molar-refractivity contribution in [3.63, 3.8) is 0 Å². The van der Waals surface area contributed by atoms with E-state index in [9.17, 15) is 9.90 Å². The van der Waals surface area contributed by atoms with Crippen LogP contribution in [0.4, 0.5) is 0 Å². The molecule has 9 nitrogen and oxygen atoms in total. The van der Waals surface area contributed by atoms with Crippen LogP contribution in [0.2, 0.25) is 0 Å². The van der Waals surface area contributed by atoms with Crippen LogP contribution in [0.25, 0.3) is 11.2 Å². The molecule has 2 N–H and O–H groups in total. The number of imidazole rings is 1. The second-order valence-electron chi connectivity index (χ2n) is 9.53. The molecule has 0 spiro atoms. The number of nitrogens with zero attached hydrogens (tertiary/aromatic N) is 3. The molecule has 1 saturated carbocycles. The van der Waals surface area contributed by atoms with Crippen LogP contribution in [0.1, 0.15) is 46.3 Å². The number of hydrogen-bond acceptors (Lipinski definition) is 9. The van der Waals surface area contributed by atoms with Crippen LogP contribution >= 0.6 is 17.1 Å². The van der Waals surface area contributed by atoms with Crippen molar-refractivity contribution in [2.45, 2.75) is 69.3 Å². The van der Waals surface area contributed by atoms with E-state index in [0.29, 0.717) is 11.6 Å². The largest absolute Gasteiger partial charge is 0.388 e. The fraction of sp³-hybridized carbons (Fsp3) is 0.667. The van der Waals surface area contributed by atoms with Gasteiger partial charge in [0.25, 0.3) is 5.56 Å². The third-order valence-corrected chi connectivity index (χ3v) is 13.0. The summed E-state index contributed by atoms with van der Waals surface area (Å²) in [6, 6.07) is 0. The first-order valence-electron chi connectivity index (χ1n) is 11.1. The number of fused-ring (bicyclic) bond motifs is 2. The van der Waals surface area contributed by atoms with Gasteiger partial charge in [-0.3, -0.25) is 9.36 Å². The molecule has 0 amide bonds. The molecule has 8 atom stereocenters. The number of nitrogens with one attached hydrogen (secondary N) is 1. The Bertz CT molecular complexity index is 1190. The van der Waals surface area contributed by atoms with Crippen LogP contribution in [-0.2, 0) is 25.6 Å². The highest BCUT2D eigenvalue weighted by molar-refractivity contribution is 8.68. The second-order valence-corrected chi connectivity index (χ2v) is 16.1. The minimum Gasteiger partial charge on any atom is -0.388 e. The first-order chi connectivity index (χ1) is 15.6. The lowest BCUT2D eigenvalue weighted by molar-refractivity contribution is -0.0464. The Hall–Kier alpha value is -1.07. The molecule has 1 aliphatic carbocycles. The standard InChI is InChI=1S/C21H29N4O5PS2/c1-11(2)13-5-6-21(4)15(7-13)30-31(32,33-21)28-8-14-12(3)17(26)20(29-14)25-10-24-16-18(25)22-9-23-19(16)27/h9-10,12-15,17,20,26H,1,5-8H2,2-4H3,(H,22,23,27)/t12-,13-,14-,15+,17-,20-,21+,31+/m1/s1. The fourth-order valence-corrected chi connectivity index (χ4v) is 12.1. The summed E-state index contributed by atoms with van der Waals surface area (Å²) in [5, 5.41) is 10.9. The first-order valence-corrected chi connectivity index (χ1v) is 15.2. The number of aromatic amines is 1. The molecule has 3 aliphatic rings. The Morgan fingerprint density at radius 1 is 1.55 bits per heavy atom. The Kier molecular flexibility index (Phi) is 6.13.